The maximum atomic E-state index is 2.35. The van der Waals surface area contributed by atoms with Gasteiger partial charge in [0, 0.05) is 0 Å². The van der Waals surface area contributed by atoms with Crippen molar-refractivity contribution < 1.29 is 0 Å². The first-order valence-corrected chi connectivity index (χ1v) is 26.8. The maximum Gasteiger partial charge on any atom is -0.0420 e. The summed E-state index contributed by atoms with van der Waals surface area (Å²) in [7, 11) is 0. The smallest absolute Gasteiger partial charge is 0.0420 e. The van der Waals surface area contributed by atoms with Gasteiger partial charge in [-0.05, 0) is 5.92 Å². The Labute approximate surface area is 347 Å². The quantitative estimate of drug-likeness (QED) is 0.0542. The van der Waals surface area contributed by atoms with E-state index in [2.05, 4.69) is 34.6 Å². The standard InChI is InChI=1S/C28H58.C26H54/c1-3-5-7-9-11-13-15-17-19-21-23-25-27-28-26-24-22-20-18-16-14-12-10-8-6-4-2;1-4-7-8-9-10-11-12-13-14-15-16-17-18-19-20-21-22-23-24-25-26(5-2)6-3/h3-28H2,1-2H3;26H,4-25H2,1-3H3. The molecule has 0 unspecified atom stereocenters. The van der Waals surface area contributed by atoms with Crippen LogP contribution in [0.5, 0.6) is 0 Å². The number of hydrogen-bond acceptors (Lipinski definition) is 0. The summed E-state index contributed by atoms with van der Waals surface area (Å²) < 4.78 is 0. The highest BCUT2D eigenvalue weighted by atomic mass is 14.1. The van der Waals surface area contributed by atoms with Gasteiger partial charge in [0.1, 0.15) is 0 Å². The molecule has 0 fully saturated rings. The third-order valence-corrected chi connectivity index (χ3v) is 12.8. The van der Waals surface area contributed by atoms with Crippen LogP contribution in [-0.2, 0) is 0 Å². The Hall–Kier alpha value is 0. The van der Waals surface area contributed by atoms with Gasteiger partial charge in [0.05, 0.1) is 0 Å². The topological polar surface area (TPSA) is 0 Å². The van der Waals surface area contributed by atoms with Gasteiger partial charge in [-0.25, -0.2) is 0 Å². The fourth-order valence-corrected chi connectivity index (χ4v) is 8.60. The molecule has 0 aromatic rings. The lowest BCUT2D eigenvalue weighted by atomic mass is 9.95. The van der Waals surface area contributed by atoms with Gasteiger partial charge in [0.2, 0.25) is 0 Å². The Morgan fingerprint density at radius 1 is 0.167 bits per heavy atom. The molecule has 0 nitrogen and oxygen atoms in total. The number of unbranched alkanes of at least 4 members (excludes halogenated alkanes) is 43. The highest BCUT2D eigenvalue weighted by molar-refractivity contribution is 4.56. The van der Waals surface area contributed by atoms with Gasteiger partial charge in [-0.15, -0.1) is 0 Å². The van der Waals surface area contributed by atoms with E-state index in [1.54, 1.807) is 0 Å². The highest BCUT2D eigenvalue weighted by Gasteiger charge is 2.02. The second-order valence-electron chi connectivity index (χ2n) is 18.3. The van der Waals surface area contributed by atoms with Crippen molar-refractivity contribution in [1.82, 2.24) is 0 Å². The van der Waals surface area contributed by atoms with Gasteiger partial charge in [-0.3, -0.25) is 0 Å². The third kappa shape index (κ3) is 54.1. The summed E-state index contributed by atoms with van der Waals surface area (Å²) in [5.74, 6) is 1.00. The van der Waals surface area contributed by atoms with Crippen molar-refractivity contribution in [1.29, 1.82) is 0 Å². The summed E-state index contributed by atoms with van der Waals surface area (Å²) >= 11 is 0. The molecule has 0 rings (SSSR count). The van der Waals surface area contributed by atoms with Crippen LogP contribution in [0.1, 0.15) is 343 Å². The molecule has 0 heteroatoms. The molecular weight excluding hydrogens is 649 g/mol. The fourth-order valence-electron chi connectivity index (χ4n) is 8.60. The molecule has 0 atom stereocenters. The van der Waals surface area contributed by atoms with Gasteiger partial charge >= 0.3 is 0 Å². The van der Waals surface area contributed by atoms with Gasteiger partial charge in [0.15, 0.2) is 0 Å². The predicted octanol–water partition coefficient (Wildman–Crippen LogP) is 21.4. The zero-order valence-electron chi connectivity index (χ0n) is 39.5. The van der Waals surface area contributed by atoms with Crippen molar-refractivity contribution in [3.05, 3.63) is 0 Å². The predicted molar refractivity (Wildman–Crippen MR) is 253 cm³/mol. The van der Waals surface area contributed by atoms with Crippen LogP contribution in [0.25, 0.3) is 0 Å². The van der Waals surface area contributed by atoms with Crippen LogP contribution < -0.4 is 0 Å². The average Bonchev–Trinajstić information content (AvgIpc) is 3.19. The molecule has 0 heterocycles. The SMILES string of the molecule is CCCCCCCCCCCCCCCCCCCCCC(CC)CC.CCCCCCCCCCCCCCCCCCCCCCCCCCCC. The van der Waals surface area contributed by atoms with E-state index in [-0.39, 0.29) is 0 Å². The lowest BCUT2D eigenvalue weighted by Gasteiger charge is -2.11. The van der Waals surface area contributed by atoms with E-state index in [4.69, 9.17) is 0 Å². The van der Waals surface area contributed by atoms with E-state index in [0.29, 0.717) is 0 Å². The van der Waals surface area contributed by atoms with Gasteiger partial charge in [0.25, 0.3) is 0 Å². The molecule has 0 spiro atoms. The first-order chi connectivity index (χ1) is 26.8. The molecule has 0 saturated heterocycles. The molecule has 0 radical (unpaired) electrons. The Kier molecular flexibility index (Phi) is 57.2. The lowest BCUT2D eigenvalue weighted by molar-refractivity contribution is 0.426. The monoisotopic (exact) mass is 761 g/mol. The van der Waals surface area contributed by atoms with Crippen LogP contribution in [0.3, 0.4) is 0 Å². The van der Waals surface area contributed by atoms with E-state index >= 15 is 0 Å². The molecule has 54 heavy (non-hydrogen) atoms. The molecular formula is C54H112. The van der Waals surface area contributed by atoms with Crippen molar-refractivity contribution in [2.75, 3.05) is 0 Å². The van der Waals surface area contributed by atoms with E-state index in [1.165, 1.54) is 308 Å². The van der Waals surface area contributed by atoms with Crippen molar-refractivity contribution in [2.45, 2.75) is 343 Å². The van der Waals surface area contributed by atoms with Crippen molar-refractivity contribution in [2.24, 2.45) is 5.92 Å². The average molecular weight is 761 g/mol. The second kappa shape index (κ2) is 55.1. The lowest BCUT2D eigenvalue weighted by Crippen LogP contribution is -1.96. The molecule has 0 aliphatic carbocycles. The summed E-state index contributed by atoms with van der Waals surface area (Å²) in [6, 6.07) is 0. The summed E-state index contributed by atoms with van der Waals surface area (Å²) in [6.07, 6.45) is 70.7. The fraction of sp³-hybridized carbons (Fsp3) is 1.00. The van der Waals surface area contributed by atoms with Crippen LogP contribution in [-0.4, -0.2) is 0 Å². The van der Waals surface area contributed by atoms with Gasteiger partial charge in [-0.2, -0.15) is 0 Å². The van der Waals surface area contributed by atoms with Crippen LogP contribution in [0.4, 0.5) is 0 Å². The van der Waals surface area contributed by atoms with Crippen molar-refractivity contribution in [3.8, 4) is 0 Å². The minimum atomic E-state index is 1.00. The second-order valence-corrected chi connectivity index (χ2v) is 18.3. The number of rotatable bonds is 47. The molecule has 0 aliphatic heterocycles. The highest BCUT2D eigenvalue weighted by Crippen LogP contribution is 2.19. The Morgan fingerprint density at radius 3 is 0.426 bits per heavy atom. The normalized spacial score (nSPS) is 11.4. The molecule has 0 aliphatic rings. The molecule has 0 aromatic heterocycles. The first kappa shape index (κ1) is 56.1. The first-order valence-electron chi connectivity index (χ1n) is 26.8. The zero-order valence-corrected chi connectivity index (χ0v) is 39.5. The minimum absolute atomic E-state index is 1.00. The van der Waals surface area contributed by atoms with Crippen LogP contribution in [0.15, 0.2) is 0 Å². The molecule has 328 valence electrons. The van der Waals surface area contributed by atoms with E-state index < -0.39 is 0 Å². The van der Waals surface area contributed by atoms with Crippen molar-refractivity contribution in [3.63, 3.8) is 0 Å². The van der Waals surface area contributed by atoms with Crippen LogP contribution in [0.2, 0.25) is 0 Å². The Morgan fingerprint density at radius 2 is 0.296 bits per heavy atom. The zero-order chi connectivity index (χ0) is 39.5. The molecule has 0 aromatic carbocycles. The summed E-state index contributed by atoms with van der Waals surface area (Å²) in [6.45, 7) is 11.6. The molecule has 0 saturated carbocycles. The summed E-state index contributed by atoms with van der Waals surface area (Å²) in [5, 5.41) is 0. The van der Waals surface area contributed by atoms with Crippen LogP contribution >= 0.6 is 0 Å². The van der Waals surface area contributed by atoms with Gasteiger partial charge in [-0.1, -0.05) is 343 Å². The molecule has 0 N–H and O–H groups in total. The molecule has 0 bridgehead atoms. The van der Waals surface area contributed by atoms with E-state index in [0.717, 1.165) is 5.92 Å². The summed E-state index contributed by atoms with van der Waals surface area (Å²) in [5.41, 5.74) is 0. The van der Waals surface area contributed by atoms with E-state index in [9.17, 15) is 0 Å². The largest absolute Gasteiger partial charge is 0.0654 e. The Bertz CT molecular complexity index is 549. The third-order valence-electron chi connectivity index (χ3n) is 12.8. The van der Waals surface area contributed by atoms with E-state index in [1.807, 2.05) is 0 Å². The van der Waals surface area contributed by atoms with Crippen molar-refractivity contribution >= 4 is 0 Å². The van der Waals surface area contributed by atoms with Gasteiger partial charge < -0.3 is 0 Å². The minimum Gasteiger partial charge on any atom is -0.0654 e. The number of hydrogen-bond donors (Lipinski definition) is 0. The maximum absolute atomic E-state index is 2.35. The molecule has 0 amide bonds. The van der Waals surface area contributed by atoms with Crippen LogP contribution in [0, 0.1) is 5.92 Å². The Balaban J connectivity index is 0. The summed E-state index contributed by atoms with van der Waals surface area (Å²) in [4.78, 5) is 0.